The lowest BCUT2D eigenvalue weighted by Gasteiger charge is -2.30. The second-order valence-corrected chi connectivity index (χ2v) is 2.91. The topological polar surface area (TPSA) is 63.4 Å². The van der Waals surface area contributed by atoms with Crippen molar-refractivity contribution < 1.29 is 8.42 Å². The van der Waals surface area contributed by atoms with Gasteiger partial charge in [0.2, 0.25) is 10.9 Å². The maximum atomic E-state index is 10.0. The minimum atomic E-state index is -2.35. The lowest BCUT2D eigenvalue weighted by atomic mass is 10.2. The van der Waals surface area contributed by atoms with Crippen LogP contribution in [0.4, 0.5) is 0 Å². The number of hydrogen-bond donors (Lipinski definition) is 2. The Morgan fingerprint density at radius 3 is 2.12 bits per heavy atom. The molecule has 8 heavy (non-hydrogen) atoms. The van der Waals surface area contributed by atoms with E-state index >= 15 is 0 Å². The summed E-state index contributed by atoms with van der Waals surface area (Å²) < 4.78 is 21.4. The highest BCUT2D eigenvalue weighted by Gasteiger charge is 2.24. The van der Waals surface area contributed by atoms with Crippen LogP contribution in [0, 0.1) is 0 Å². The molecule has 1 rings (SSSR count). The van der Waals surface area contributed by atoms with Gasteiger partial charge in [-0.2, -0.15) is 0 Å². The highest BCUT2D eigenvalue weighted by molar-refractivity contribution is 7.69. The van der Waals surface area contributed by atoms with Gasteiger partial charge in [0.05, 0.1) is 0 Å². The fourth-order valence-corrected chi connectivity index (χ4v) is 1.31. The van der Waals surface area contributed by atoms with Gasteiger partial charge in [-0.05, 0) is 0 Å². The predicted octanol–water partition coefficient (Wildman–Crippen LogP) is -1.84. The van der Waals surface area contributed by atoms with E-state index in [9.17, 15) is 8.42 Å². The van der Waals surface area contributed by atoms with E-state index in [1.54, 1.807) is 0 Å². The maximum absolute atomic E-state index is 10.0. The third kappa shape index (κ3) is 0.988. The zero-order chi connectivity index (χ0) is 6.15. The van der Waals surface area contributed by atoms with Crippen molar-refractivity contribution in [2.45, 2.75) is 6.04 Å². The molecule has 0 aromatic carbocycles. The first kappa shape index (κ1) is 6.00. The molecule has 0 saturated carbocycles. The van der Waals surface area contributed by atoms with Crippen molar-refractivity contribution in [1.82, 2.24) is 4.31 Å². The molecule has 4 nitrogen and oxygen atoms in total. The zero-order valence-corrected chi connectivity index (χ0v) is 5.17. The Kier molecular flexibility index (Phi) is 1.50. The van der Waals surface area contributed by atoms with Gasteiger partial charge in [-0.3, -0.25) is 0 Å². The molecule has 1 heterocycles. The summed E-state index contributed by atoms with van der Waals surface area (Å²) in [6.45, 7) is 0.997. The Labute approximate surface area is 49.4 Å². The molecule has 0 bridgehead atoms. The van der Waals surface area contributed by atoms with Crippen molar-refractivity contribution in [3.8, 4) is 0 Å². The number of hydrogen-bond acceptors (Lipinski definition) is 3. The van der Waals surface area contributed by atoms with Crippen LogP contribution in [0.15, 0.2) is 0 Å². The van der Waals surface area contributed by atoms with Gasteiger partial charge in [-0.25, -0.2) is 12.7 Å². The third-order valence-electron chi connectivity index (χ3n) is 1.12. The van der Waals surface area contributed by atoms with Gasteiger partial charge in [0.15, 0.2) is 0 Å². The molecule has 0 atom stereocenters. The summed E-state index contributed by atoms with van der Waals surface area (Å²) in [6.07, 6.45) is 0. The zero-order valence-electron chi connectivity index (χ0n) is 4.28. The van der Waals surface area contributed by atoms with Crippen molar-refractivity contribution in [2.24, 2.45) is 5.73 Å². The summed E-state index contributed by atoms with van der Waals surface area (Å²) >= 11 is 0. The molecular weight excluding hydrogens is 128 g/mol. The molecule has 1 aliphatic rings. The maximum Gasteiger partial charge on any atom is 0.204 e. The van der Waals surface area contributed by atoms with E-state index in [1.807, 2.05) is 0 Å². The molecule has 48 valence electrons. The first-order valence-corrected chi connectivity index (χ1v) is 3.48. The Bertz CT molecular complexity index is 141. The van der Waals surface area contributed by atoms with Crippen LogP contribution in [0.2, 0.25) is 0 Å². The van der Waals surface area contributed by atoms with Crippen molar-refractivity contribution in [3.63, 3.8) is 0 Å². The van der Waals surface area contributed by atoms with Crippen LogP contribution < -0.4 is 5.73 Å². The first-order valence-electron chi connectivity index (χ1n) is 2.35. The quantitative estimate of drug-likeness (QED) is 0.416. The highest BCUT2D eigenvalue weighted by atomic mass is 32.2. The molecule has 0 aromatic rings. The molecule has 0 amide bonds. The van der Waals surface area contributed by atoms with Crippen LogP contribution >= 0.6 is 0 Å². The summed E-state index contributed by atoms with van der Waals surface area (Å²) in [7, 11) is -2.35. The van der Waals surface area contributed by atoms with Gasteiger partial charge in [0.1, 0.15) is 0 Å². The van der Waals surface area contributed by atoms with E-state index in [4.69, 9.17) is 5.73 Å². The summed E-state index contributed by atoms with van der Waals surface area (Å²) in [6, 6.07) is 0.0721. The molecule has 0 spiro atoms. The molecule has 2 N–H and O–H groups in total. The minimum Gasteiger partial charge on any atom is -0.325 e. The largest absolute Gasteiger partial charge is 0.325 e. The SMILES string of the molecule is NC1CN([SH](=O)=O)C1. The van der Waals surface area contributed by atoms with E-state index in [1.165, 1.54) is 4.31 Å². The predicted molar refractivity (Wildman–Crippen MR) is 29.9 cm³/mol. The van der Waals surface area contributed by atoms with Crippen LogP contribution in [0.25, 0.3) is 0 Å². The fourth-order valence-electron chi connectivity index (χ4n) is 0.621. The number of nitrogens with two attached hydrogens (primary N) is 1. The standard InChI is InChI=1S/C3H8N2O2S/c4-3-1-5(2-3)8(6)7/h3,8H,1-2,4H2. The molecule has 1 aliphatic heterocycles. The average molecular weight is 136 g/mol. The van der Waals surface area contributed by atoms with Crippen molar-refractivity contribution in [1.29, 1.82) is 0 Å². The summed E-state index contributed by atoms with van der Waals surface area (Å²) in [5.41, 5.74) is 5.30. The van der Waals surface area contributed by atoms with Gasteiger partial charge in [0.25, 0.3) is 0 Å². The van der Waals surface area contributed by atoms with Crippen LogP contribution in [0.5, 0.6) is 0 Å². The van der Waals surface area contributed by atoms with E-state index in [0.29, 0.717) is 13.1 Å². The molecule has 1 saturated heterocycles. The molecule has 0 unspecified atom stereocenters. The smallest absolute Gasteiger partial charge is 0.204 e. The minimum absolute atomic E-state index is 0.0721. The lowest BCUT2D eigenvalue weighted by molar-refractivity contribution is 0.273. The number of thiol groups is 1. The van der Waals surface area contributed by atoms with Crippen LogP contribution in [0.3, 0.4) is 0 Å². The second kappa shape index (κ2) is 2.00. The monoisotopic (exact) mass is 136 g/mol. The number of nitrogens with zero attached hydrogens (tertiary/aromatic N) is 1. The van der Waals surface area contributed by atoms with Crippen LogP contribution in [0.1, 0.15) is 0 Å². The van der Waals surface area contributed by atoms with Crippen molar-refractivity contribution in [2.75, 3.05) is 13.1 Å². The second-order valence-electron chi connectivity index (χ2n) is 1.87. The van der Waals surface area contributed by atoms with Gasteiger partial charge in [-0.1, -0.05) is 0 Å². The van der Waals surface area contributed by atoms with Gasteiger partial charge >= 0.3 is 0 Å². The third-order valence-corrected chi connectivity index (χ3v) is 1.91. The van der Waals surface area contributed by atoms with Crippen LogP contribution in [-0.4, -0.2) is 31.9 Å². The fraction of sp³-hybridized carbons (Fsp3) is 1.00. The van der Waals surface area contributed by atoms with E-state index in [2.05, 4.69) is 0 Å². The van der Waals surface area contributed by atoms with E-state index in [-0.39, 0.29) is 6.04 Å². The Hall–Kier alpha value is -0.130. The summed E-state index contributed by atoms with van der Waals surface area (Å²) in [5, 5.41) is 0. The van der Waals surface area contributed by atoms with Crippen molar-refractivity contribution in [3.05, 3.63) is 0 Å². The summed E-state index contributed by atoms with van der Waals surface area (Å²) in [5.74, 6) is 0. The molecule has 0 aliphatic carbocycles. The summed E-state index contributed by atoms with van der Waals surface area (Å²) in [4.78, 5) is 0. The number of rotatable bonds is 1. The van der Waals surface area contributed by atoms with Crippen LogP contribution in [-0.2, 0) is 10.9 Å². The molecular formula is C3H8N2O2S. The Balaban J connectivity index is 2.36. The average Bonchev–Trinajstić information content (AvgIpc) is 1.57. The Morgan fingerprint density at radius 2 is 2.00 bits per heavy atom. The highest BCUT2D eigenvalue weighted by Crippen LogP contribution is 2.02. The first-order chi connectivity index (χ1) is 3.70. The normalized spacial score (nSPS) is 23.8. The van der Waals surface area contributed by atoms with Crippen molar-refractivity contribution >= 4 is 10.9 Å². The van der Waals surface area contributed by atoms with E-state index < -0.39 is 10.9 Å². The molecule has 0 aromatic heterocycles. The van der Waals surface area contributed by atoms with Gasteiger partial charge in [0, 0.05) is 19.1 Å². The molecule has 5 heteroatoms. The lowest BCUT2D eigenvalue weighted by Crippen LogP contribution is -2.54. The van der Waals surface area contributed by atoms with E-state index in [0.717, 1.165) is 0 Å². The molecule has 1 fully saturated rings. The molecule has 0 radical (unpaired) electrons. The van der Waals surface area contributed by atoms with Gasteiger partial charge < -0.3 is 5.73 Å². The Morgan fingerprint density at radius 1 is 1.50 bits per heavy atom. The van der Waals surface area contributed by atoms with Gasteiger partial charge in [-0.15, -0.1) is 0 Å².